The molecule has 2 aliphatic rings. The Labute approximate surface area is 181 Å². The van der Waals surface area contributed by atoms with E-state index in [0.717, 1.165) is 37.4 Å². The second-order valence-corrected chi connectivity index (χ2v) is 9.26. The third-order valence-corrected chi connectivity index (χ3v) is 6.46. The number of rotatable bonds is 5. The van der Waals surface area contributed by atoms with Crippen LogP contribution in [0.1, 0.15) is 32.3 Å². The van der Waals surface area contributed by atoms with Crippen LogP contribution in [0.25, 0.3) is 0 Å². The average molecular weight is 437 g/mol. The maximum absolute atomic E-state index is 14.7. The standard InChI is InChI=1S/C21H30ClFN6O/c1-21(2,23)18-12-29(17(13-30-18)11-14-3-5-15(22)6-4-14)16-7-9-28(10-8-16)20-25-19(24)26-27-20/h3-6,16-18H,7-13H2,1-2H3,(H3,24,25,26,27). The van der Waals surface area contributed by atoms with Gasteiger partial charge in [0.2, 0.25) is 11.9 Å². The number of halogens is 2. The van der Waals surface area contributed by atoms with Crippen molar-refractivity contribution in [3.05, 3.63) is 34.9 Å². The number of benzene rings is 1. The summed E-state index contributed by atoms with van der Waals surface area (Å²) in [6.45, 7) is 6.04. The molecule has 0 spiro atoms. The van der Waals surface area contributed by atoms with E-state index >= 15 is 0 Å². The molecule has 0 saturated carbocycles. The van der Waals surface area contributed by atoms with Crippen LogP contribution >= 0.6 is 11.6 Å². The van der Waals surface area contributed by atoms with Gasteiger partial charge in [-0.3, -0.25) is 9.88 Å². The maximum atomic E-state index is 14.7. The van der Waals surface area contributed by atoms with Crippen LogP contribution in [0.2, 0.25) is 5.02 Å². The summed E-state index contributed by atoms with van der Waals surface area (Å²) in [6, 6.07) is 8.53. The number of hydrogen-bond acceptors (Lipinski definition) is 6. The molecule has 2 atom stereocenters. The number of aromatic nitrogens is 3. The number of piperidine rings is 1. The Morgan fingerprint density at radius 3 is 2.53 bits per heavy atom. The van der Waals surface area contributed by atoms with Crippen molar-refractivity contribution in [1.82, 2.24) is 20.1 Å². The van der Waals surface area contributed by atoms with Gasteiger partial charge < -0.3 is 15.4 Å². The van der Waals surface area contributed by atoms with Gasteiger partial charge in [0.05, 0.1) is 6.61 Å². The molecule has 0 bridgehead atoms. The summed E-state index contributed by atoms with van der Waals surface area (Å²) in [5.74, 6) is 1.05. The van der Waals surface area contributed by atoms with Crippen molar-refractivity contribution in [2.75, 3.05) is 36.9 Å². The van der Waals surface area contributed by atoms with Gasteiger partial charge >= 0.3 is 0 Å². The largest absolute Gasteiger partial charge is 0.372 e. The highest BCUT2D eigenvalue weighted by Gasteiger charge is 2.41. The van der Waals surface area contributed by atoms with Crippen molar-refractivity contribution in [2.45, 2.75) is 57.0 Å². The van der Waals surface area contributed by atoms with Crippen LogP contribution in [0.15, 0.2) is 24.3 Å². The Kier molecular flexibility index (Phi) is 6.18. The minimum absolute atomic E-state index is 0.210. The molecule has 30 heavy (non-hydrogen) atoms. The van der Waals surface area contributed by atoms with E-state index in [4.69, 9.17) is 22.1 Å². The lowest BCUT2D eigenvalue weighted by molar-refractivity contribution is -0.130. The molecule has 2 unspecified atom stereocenters. The van der Waals surface area contributed by atoms with Crippen LogP contribution in [0.3, 0.4) is 0 Å². The molecular formula is C21H30ClFN6O. The fourth-order valence-electron chi connectivity index (χ4n) is 4.46. The van der Waals surface area contributed by atoms with Crippen LogP contribution in [0.4, 0.5) is 16.3 Å². The van der Waals surface area contributed by atoms with E-state index in [1.54, 1.807) is 13.8 Å². The van der Waals surface area contributed by atoms with Crippen molar-refractivity contribution in [2.24, 2.45) is 0 Å². The summed E-state index contributed by atoms with van der Waals surface area (Å²) in [5, 5.41) is 8.69. The smallest absolute Gasteiger partial charge is 0.226 e. The molecule has 4 rings (SSSR count). The minimum Gasteiger partial charge on any atom is -0.372 e. The first-order valence-corrected chi connectivity index (χ1v) is 10.9. The van der Waals surface area contributed by atoms with Gasteiger partial charge in [0, 0.05) is 36.7 Å². The second-order valence-electron chi connectivity index (χ2n) is 8.82. The van der Waals surface area contributed by atoms with Crippen LogP contribution in [-0.4, -0.2) is 70.2 Å². The molecule has 0 radical (unpaired) electrons. The Morgan fingerprint density at radius 2 is 1.93 bits per heavy atom. The first-order chi connectivity index (χ1) is 14.3. The molecule has 2 aliphatic heterocycles. The molecule has 0 amide bonds. The molecular weight excluding hydrogens is 407 g/mol. The highest BCUT2D eigenvalue weighted by Crippen LogP contribution is 2.30. The fraction of sp³-hybridized carbons (Fsp3) is 0.619. The third-order valence-electron chi connectivity index (χ3n) is 6.21. The van der Waals surface area contributed by atoms with E-state index in [0.29, 0.717) is 31.1 Å². The Balaban J connectivity index is 1.46. The van der Waals surface area contributed by atoms with Crippen molar-refractivity contribution in [3.8, 4) is 0 Å². The van der Waals surface area contributed by atoms with Gasteiger partial charge in [-0.25, -0.2) is 4.39 Å². The second kappa shape index (κ2) is 8.69. The number of hydrogen-bond donors (Lipinski definition) is 2. The number of morpholine rings is 1. The molecule has 2 aromatic rings. The number of nitrogens with two attached hydrogens (primary N) is 1. The SMILES string of the molecule is CC(C)(F)C1CN(C2CCN(c3nnc(N)[nH]3)CC2)C(Cc2ccc(Cl)cc2)CO1. The van der Waals surface area contributed by atoms with Gasteiger partial charge in [0.1, 0.15) is 11.8 Å². The lowest BCUT2D eigenvalue weighted by atomic mass is 9.93. The summed E-state index contributed by atoms with van der Waals surface area (Å²) in [5.41, 5.74) is 5.50. The summed E-state index contributed by atoms with van der Waals surface area (Å²) >= 11 is 6.04. The zero-order valence-electron chi connectivity index (χ0n) is 17.5. The predicted octanol–water partition coefficient (Wildman–Crippen LogP) is 3.07. The fourth-order valence-corrected chi connectivity index (χ4v) is 4.59. The molecule has 1 aromatic heterocycles. The Hall–Kier alpha value is -1.90. The highest BCUT2D eigenvalue weighted by molar-refractivity contribution is 6.30. The molecule has 3 N–H and O–H groups in total. The number of aromatic amines is 1. The molecule has 1 aromatic carbocycles. The van der Waals surface area contributed by atoms with Crippen molar-refractivity contribution in [1.29, 1.82) is 0 Å². The van der Waals surface area contributed by atoms with E-state index in [9.17, 15) is 4.39 Å². The highest BCUT2D eigenvalue weighted by atomic mass is 35.5. The maximum Gasteiger partial charge on any atom is 0.226 e. The number of alkyl halides is 1. The first kappa shape index (κ1) is 21.3. The van der Waals surface area contributed by atoms with E-state index in [-0.39, 0.29) is 6.04 Å². The van der Waals surface area contributed by atoms with Gasteiger partial charge in [-0.1, -0.05) is 23.7 Å². The van der Waals surface area contributed by atoms with Crippen LogP contribution in [0, 0.1) is 0 Å². The molecule has 2 fully saturated rings. The number of nitrogens with zero attached hydrogens (tertiary/aromatic N) is 4. The van der Waals surface area contributed by atoms with Crippen molar-refractivity contribution in [3.63, 3.8) is 0 Å². The summed E-state index contributed by atoms with van der Waals surface area (Å²) in [4.78, 5) is 7.64. The average Bonchev–Trinajstić information content (AvgIpc) is 3.16. The number of ether oxygens (including phenoxy) is 1. The van der Waals surface area contributed by atoms with Crippen LogP contribution < -0.4 is 10.6 Å². The quantitative estimate of drug-likeness (QED) is 0.749. The van der Waals surface area contributed by atoms with Gasteiger partial charge in [0.15, 0.2) is 0 Å². The lowest BCUT2D eigenvalue weighted by Gasteiger charge is -2.48. The van der Waals surface area contributed by atoms with E-state index in [1.807, 2.05) is 12.1 Å². The number of nitrogen functional groups attached to an aromatic ring is 1. The van der Waals surface area contributed by atoms with Gasteiger partial charge in [-0.2, -0.15) is 0 Å². The van der Waals surface area contributed by atoms with Crippen LogP contribution in [0.5, 0.6) is 0 Å². The number of nitrogens with one attached hydrogen (secondary N) is 1. The third kappa shape index (κ3) is 4.87. The molecule has 164 valence electrons. The van der Waals surface area contributed by atoms with Gasteiger partial charge in [-0.15, -0.1) is 10.2 Å². The van der Waals surface area contributed by atoms with E-state index in [2.05, 4.69) is 37.1 Å². The first-order valence-electron chi connectivity index (χ1n) is 10.5. The molecule has 2 saturated heterocycles. The Bertz CT molecular complexity index is 831. The normalized spacial score (nSPS) is 24.3. The Morgan fingerprint density at radius 1 is 1.23 bits per heavy atom. The van der Waals surface area contributed by atoms with E-state index < -0.39 is 11.8 Å². The summed E-state index contributed by atoms with van der Waals surface area (Å²) < 4.78 is 20.7. The molecule has 0 aliphatic carbocycles. The van der Waals surface area contributed by atoms with E-state index in [1.165, 1.54) is 5.56 Å². The topological polar surface area (TPSA) is 83.3 Å². The van der Waals surface area contributed by atoms with Gasteiger partial charge in [-0.05, 0) is 50.8 Å². The van der Waals surface area contributed by atoms with Gasteiger partial charge in [0.25, 0.3) is 0 Å². The number of H-pyrrole nitrogens is 1. The molecule has 9 heteroatoms. The zero-order valence-corrected chi connectivity index (χ0v) is 18.3. The minimum atomic E-state index is -1.37. The summed E-state index contributed by atoms with van der Waals surface area (Å²) in [7, 11) is 0. The molecule has 3 heterocycles. The molecule has 7 nitrogen and oxygen atoms in total. The lowest BCUT2D eigenvalue weighted by Crippen LogP contribution is -2.60. The van der Waals surface area contributed by atoms with Crippen molar-refractivity contribution >= 4 is 23.5 Å². The van der Waals surface area contributed by atoms with Crippen molar-refractivity contribution < 1.29 is 9.13 Å². The number of anilines is 2. The van der Waals surface area contributed by atoms with Crippen LogP contribution in [-0.2, 0) is 11.2 Å². The summed E-state index contributed by atoms with van der Waals surface area (Å²) in [6.07, 6.45) is 2.37. The predicted molar refractivity (Wildman–Crippen MR) is 117 cm³/mol. The monoisotopic (exact) mass is 436 g/mol. The zero-order chi connectivity index (χ0) is 21.3.